The summed E-state index contributed by atoms with van der Waals surface area (Å²) in [5.74, 6) is -0.901. The SMILES string of the molecule is CCCC/C=C\C/C=C\CCCCCCCC(=O)OC(COC(=O)CCCCCCCCCCCCC)COP(=O)(O)O. The van der Waals surface area contributed by atoms with Gasteiger partial charge in [0.2, 0.25) is 0 Å². The number of hydrogen-bond donors (Lipinski definition) is 2. The second-order valence-corrected chi connectivity index (χ2v) is 12.7. The first-order chi connectivity index (χ1) is 20.8. The van der Waals surface area contributed by atoms with Crippen LogP contribution in [0.1, 0.15) is 162 Å². The molecule has 8 nitrogen and oxygen atoms in total. The lowest BCUT2D eigenvalue weighted by Gasteiger charge is -2.18. The highest BCUT2D eigenvalue weighted by Crippen LogP contribution is 2.35. The Morgan fingerprint density at radius 2 is 1.07 bits per heavy atom. The third kappa shape index (κ3) is 33.3. The van der Waals surface area contributed by atoms with Crippen LogP contribution in [0.4, 0.5) is 0 Å². The van der Waals surface area contributed by atoms with Crippen LogP contribution in [0, 0.1) is 0 Å². The van der Waals surface area contributed by atoms with Crippen molar-refractivity contribution in [2.24, 2.45) is 0 Å². The minimum atomic E-state index is -4.74. The van der Waals surface area contributed by atoms with Crippen molar-refractivity contribution in [3.63, 3.8) is 0 Å². The molecule has 0 saturated carbocycles. The van der Waals surface area contributed by atoms with E-state index in [1.165, 1.54) is 64.2 Å². The van der Waals surface area contributed by atoms with Crippen LogP contribution < -0.4 is 0 Å². The molecule has 0 spiro atoms. The molecule has 0 rings (SSSR count). The molecule has 0 aliphatic rings. The largest absolute Gasteiger partial charge is 0.469 e. The Hall–Kier alpha value is -1.47. The Balaban J connectivity index is 4.03. The summed E-state index contributed by atoms with van der Waals surface area (Å²) in [4.78, 5) is 42.5. The molecule has 1 atom stereocenters. The molecule has 252 valence electrons. The normalized spacial score (nSPS) is 12.7. The Labute approximate surface area is 262 Å². The maximum Gasteiger partial charge on any atom is 0.469 e. The summed E-state index contributed by atoms with van der Waals surface area (Å²) in [6.07, 6.45) is 31.8. The summed E-state index contributed by atoms with van der Waals surface area (Å²) in [7, 11) is -4.74. The molecule has 1 unspecified atom stereocenters. The molecule has 0 saturated heterocycles. The number of carbonyl (C=O) groups is 2. The predicted molar refractivity (Wildman–Crippen MR) is 175 cm³/mol. The number of ether oxygens (including phenoxy) is 2. The van der Waals surface area contributed by atoms with Gasteiger partial charge < -0.3 is 19.3 Å². The van der Waals surface area contributed by atoms with E-state index in [1.54, 1.807) is 0 Å². The molecular formula is C34H63O8P. The fourth-order valence-corrected chi connectivity index (χ4v) is 4.98. The molecule has 2 N–H and O–H groups in total. The molecule has 0 fully saturated rings. The van der Waals surface area contributed by atoms with E-state index in [9.17, 15) is 14.2 Å². The zero-order chi connectivity index (χ0) is 31.9. The lowest BCUT2D eigenvalue weighted by Crippen LogP contribution is -2.29. The van der Waals surface area contributed by atoms with Gasteiger partial charge in [0.15, 0.2) is 6.10 Å². The second-order valence-electron chi connectivity index (χ2n) is 11.5. The summed E-state index contributed by atoms with van der Waals surface area (Å²) in [5.41, 5.74) is 0. The predicted octanol–water partition coefficient (Wildman–Crippen LogP) is 9.68. The van der Waals surface area contributed by atoms with Gasteiger partial charge in [-0.15, -0.1) is 0 Å². The molecule has 0 aromatic rings. The summed E-state index contributed by atoms with van der Waals surface area (Å²) in [5, 5.41) is 0. The monoisotopic (exact) mass is 630 g/mol. The molecule has 0 aliphatic heterocycles. The molecular weight excluding hydrogens is 567 g/mol. The van der Waals surface area contributed by atoms with Crippen LogP contribution in [0.5, 0.6) is 0 Å². The first-order valence-corrected chi connectivity index (χ1v) is 18.7. The van der Waals surface area contributed by atoms with E-state index in [0.717, 1.165) is 64.2 Å². The highest BCUT2D eigenvalue weighted by atomic mass is 31.2. The summed E-state index contributed by atoms with van der Waals surface area (Å²) in [6, 6.07) is 0. The van der Waals surface area contributed by atoms with Crippen LogP contribution in [0.15, 0.2) is 24.3 Å². The number of carbonyl (C=O) groups excluding carboxylic acids is 2. The van der Waals surface area contributed by atoms with Gasteiger partial charge in [-0.05, 0) is 38.5 Å². The third-order valence-corrected chi connectivity index (χ3v) is 7.71. The van der Waals surface area contributed by atoms with Crippen LogP contribution >= 0.6 is 7.82 Å². The lowest BCUT2D eigenvalue weighted by atomic mass is 10.1. The van der Waals surface area contributed by atoms with Crippen molar-refractivity contribution in [2.45, 2.75) is 168 Å². The number of hydrogen-bond acceptors (Lipinski definition) is 6. The quantitative estimate of drug-likeness (QED) is 0.0336. The molecule has 0 heterocycles. The van der Waals surface area contributed by atoms with Crippen molar-refractivity contribution in [1.82, 2.24) is 0 Å². The highest BCUT2D eigenvalue weighted by molar-refractivity contribution is 7.46. The average Bonchev–Trinajstić information content (AvgIpc) is 2.97. The van der Waals surface area contributed by atoms with Crippen molar-refractivity contribution in [2.75, 3.05) is 13.2 Å². The minimum absolute atomic E-state index is 0.198. The fraction of sp³-hybridized carbons (Fsp3) is 0.824. The fourth-order valence-electron chi connectivity index (χ4n) is 4.62. The number of unbranched alkanes of at least 4 members (excludes halogenated alkanes) is 17. The van der Waals surface area contributed by atoms with Crippen LogP contribution in [0.2, 0.25) is 0 Å². The van der Waals surface area contributed by atoms with E-state index in [4.69, 9.17) is 19.3 Å². The molecule has 0 amide bonds. The smallest absolute Gasteiger partial charge is 0.462 e. The van der Waals surface area contributed by atoms with Crippen LogP contribution in [-0.4, -0.2) is 41.0 Å². The second kappa shape index (κ2) is 30.6. The molecule has 9 heteroatoms. The zero-order valence-corrected chi connectivity index (χ0v) is 28.2. The van der Waals surface area contributed by atoms with Crippen LogP contribution in [-0.2, 0) is 28.2 Å². The Kier molecular flexibility index (Phi) is 29.5. The van der Waals surface area contributed by atoms with Gasteiger partial charge in [-0.25, -0.2) is 4.57 Å². The van der Waals surface area contributed by atoms with E-state index in [2.05, 4.69) is 42.7 Å². The van der Waals surface area contributed by atoms with Crippen LogP contribution in [0.25, 0.3) is 0 Å². The van der Waals surface area contributed by atoms with Gasteiger partial charge in [-0.2, -0.15) is 0 Å². The number of esters is 2. The van der Waals surface area contributed by atoms with Gasteiger partial charge in [0.05, 0.1) is 6.61 Å². The number of phosphoric acid groups is 1. The Morgan fingerprint density at radius 1 is 0.605 bits per heavy atom. The summed E-state index contributed by atoms with van der Waals surface area (Å²) in [6.45, 7) is 3.60. The topological polar surface area (TPSA) is 119 Å². The van der Waals surface area contributed by atoms with Gasteiger partial charge in [0.25, 0.3) is 0 Å². The summed E-state index contributed by atoms with van der Waals surface area (Å²) < 4.78 is 26.2. The average molecular weight is 631 g/mol. The van der Waals surface area contributed by atoms with Gasteiger partial charge in [0, 0.05) is 12.8 Å². The molecule has 0 aromatic heterocycles. The van der Waals surface area contributed by atoms with E-state index in [1.807, 2.05) is 0 Å². The third-order valence-electron chi connectivity index (χ3n) is 7.22. The van der Waals surface area contributed by atoms with E-state index in [0.29, 0.717) is 6.42 Å². The Morgan fingerprint density at radius 3 is 1.60 bits per heavy atom. The number of rotatable bonds is 31. The van der Waals surface area contributed by atoms with Crippen molar-refractivity contribution in [3.05, 3.63) is 24.3 Å². The van der Waals surface area contributed by atoms with Gasteiger partial charge >= 0.3 is 19.8 Å². The highest BCUT2D eigenvalue weighted by Gasteiger charge is 2.22. The lowest BCUT2D eigenvalue weighted by molar-refractivity contribution is -0.161. The number of allylic oxidation sites excluding steroid dienone is 4. The molecule has 43 heavy (non-hydrogen) atoms. The standard InChI is InChI=1S/C34H63O8P/c1-3-5-7-9-11-13-15-16-17-19-21-23-25-27-29-34(36)42-32(31-41-43(37,38)39)30-40-33(35)28-26-24-22-20-18-14-12-10-8-6-4-2/h9,11,15-16,32H,3-8,10,12-14,17-31H2,1-2H3,(H2,37,38,39)/b11-9-,16-15-. The molecule has 0 radical (unpaired) electrons. The van der Waals surface area contributed by atoms with Crippen molar-refractivity contribution >= 4 is 19.8 Å². The van der Waals surface area contributed by atoms with E-state index < -0.39 is 32.5 Å². The molecule has 0 bridgehead atoms. The van der Waals surface area contributed by atoms with Crippen LogP contribution in [0.3, 0.4) is 0 Å². The first-order valence-electron chi connectivity index (χ1n) is 17.1. The maximum atomic E-state index is 12.3. The van der Waals surface area contributed by atoms with Crippen molar-refractivity contribution in [1.29, 1.82) is 0 Å². The molecule has 0 aliphatic carbocycles. The minimum Gasteiger partial charge on any atom is -0.462 e. The van der Waals surface area contributed by atoms with Gasteiger partial charge in [-0.3, -0.25) is 14.1 Å². The molecule has 0 aromatic carbocycles. The Bertz CT molecular complexity index is 761. The van der Waals surface area contributed by atoms with Gasteiger partial charge in [-0.1, -0.05) is 134 Å². The van der Waals surface area contributed by atoms with Gasteiger partial charge in [0.1, 0.15) is 6.61 Å². The zero-order valence-electron chi connectivity index (χ0n) is 27.4. The van der Waals surface area contributed by atoms with Crippen molar-refractivity contribution < 1.29 is 37.9 Å². The van der Waals surface area contributed by atoms with E-state index in [-0.39, 0.29) is 19.4 Å². The van der Waals surface area contributed by atoms with E-state index >= 15 is 0 Å². The number of phosphoric ester groups is 1. The summed E-state index contributed by atoms with van der Waals surface area (Å²) >= 11 is 0. The first kappa shape index (κ1) is 41.5. The van der Waals surface area contributed by atoms with Crippen molar-refractivity contribution in [3.8, 4) is 0 Å². The maximum absolute atomic E-state index is 12.3.